The number of benzene rings is 2. The maximum atomic E-state index is 13.8. The van der Waals surface area contributed by atoms with Gasteiger partial charge >= 0.3 is 0 Å². The lowest BCUT2D eigenvalue weighted by Gasteiger charge is -2.29. The van der Waals surface area contributed by atoms with E-state index in [2.05, 4.69) is 9.88 Å². The molecule has 1 fully saturated rings. The van der Waals surface area contributed by atoms with E-state index >= 15 is 0 Å². The summed E-state index contributed by atoms with van der Waals surface area (Å²) in [6.45, 7) is 5.33. The molecule has 1 aliphatic heterocycles. The molecule has 4 aromatic rings. The fourth-order valence-corrected chi connectivity index (χ4v) is 5.02. The zero-order valence-corrected chi connectivity index (χ0v) is 19.8. The first-order valence-electron chi connectivity index (χ1n) is 11.7. The second-order valence-corrected chi connectivity index (χ2v) is 9.10. The van der Waals surface area contributed by atoms with Crippen LogP contribution in [0.4, 0.5) is 5.69 Å². The van der Waals surface area contributed by atoms with Gasteiger partial charge in [0.1, 0.15) is 22.7 Å². The summed E-state index contributed by atoms with van der Waals surface area (Å²) in [7, 11) is 1.60. The van der Waals surface area contributed by atoms with Gasteiger partial charge in [0.05, 0.1) is 12.7 Å². The van der Waals surface area contributed by atoms with Crippen molar-refractivity contribution in [1.29, 1.82) is 0 Å². The van der Waals surface area contributed by atoms with E-state index in [9.17, 15) is 9.90 Å². The predicted molar refractivity (Wildman–Crippen MR) is 134 cm³/mol. The first kappa shape index (κ1) is 22.2. The molecule has 5 rings (SSSR count). The predicted octanol–water partition coefficient (Wildman–Crippen LogP) is 4.25. The summed E-state index contributed by atoms with van der Waals surface area (Å²) in [5.74, 6) is 0.686. The van der Waals surface area contributed by atoms with Gasteiger partial charge in [0.2, 0.25) is 0 Å². The third-order valence-corrected chi connectivity index (χ3v) is 6.81. The minimum Gasteiger partial charge on any atom is -0.497 e. The molecule has 7 heteroatoms. The molecule has 0 bridgehead atoms. The van der Waals surface area contributed by atoms with E-state index < -0.39 is 5.60 Å². The minimum absolute atomic E-state index is 0.275. The fourth-order valence-electron chi connectivity index (χ4n) is 5.02. The van der Waals surface area contributed by atoms with Gasteiger partial charge in [0, 0.05) is 24.3 Å². The monoisotopic (exact) mass is 458 g/mol. The zero-order chi connectivity index (χ0) is 23.9. The van der Waals surface area contributed by atoms with Gasteiger partial charge in [-0.3, -0.25) is 4.79 Å². The Hall–Kier alpha value is -3.58. The van der Waals surface area contributed by atoms with Crippen molar-refractivity contribution in [2.45, 2.75) is 38.7 Å². The number of nitrogens with one attached hydrogen (secondary N) is 1. The number of hydrogen-bond donors (Lipinski definition) is 2. The Bertz CT molecular complexity index is 1370. The Labute approximate surface area is 198 Å². The third-order valence-electron chi connectivity index (χ3n) is 6.81. The molecule has 0 saturated carbocycles. The van der Waals surface area contributed by atoms with E-state index in [1.165, 1.54) is 10.9 Å². The van der Waals surface area contributed by atoms with E-state index in [0.717, 1.165) is 42.9 Å². The molecular weight excluding hydrogens is 428 g/mol. The number of aliphatic hydroxyl groups is 1. The number of anilines is 1. The topological polar surface area (TPSA) is 82.9 Å². The number of H-pyrrole nitrogens is 1. The number of aromatic amines is 1. The van der Waals surface area contributed by atoms with E-state index in [-0.39, 0.29) is 11.1 Å². The van der Waals surface area contributed by atoms with Crippen LogP contribution in [0.5, 0.6) is 5.75 Å². The van der Waals surface area contributed by atoms with Crippen molar-refractivity contribution >= 4 is 11.3 Å². The standard InChI is InChI=1S/C27H30N4O3/c1-18-22(27(2,33)20-12-14-21(34-3)15-13-20)26(32)31-25(28-18)24(30-16-8-5-9-17-30)23(29-31)19-10-6-4-7-11-19/h4,6-7,10-15,28,33H,5,8-9,16-17H2,1-3H3. The molecule has 1 atom stereocenters. The molecule has 1 saturated heterocycles. The number of methoxy groups -OCH3 is 1. The Morgan fingerprint density at radius 3 is 2.35 bits per heavy atom. The Morgan fingerprint density at radius 2 is 1.71 bits per heavy atom. The lowest BCUT2D eigenvalue weighted by molar-refractivity contribution is 0.0991. The van der Waals surface area contributed by atoms with Crippen LogP contribution >= 0.6 is 0 Å². The summed E-state index contributed by atoms with van der Waals surface area (Å²) < 4.78 is 6.66. The van der Waals surface area contributed by atoms with Crippen molar-refractivity contribution in [2.24, 2.45) is 0 Å². The van der Waals surface area contributed by atoms with Crippen LogP contribution in [0.2, 0.25) is 0 Å². The molecule has 2 aromatic heterocycles. The fraction of sp³-hybridized carbons (Fsp3) is 0.333. The number of rotatable bonds is 5. The van der Waals surface area contributed by atoms with E-state index in [1.807, 2.05) is 37.3 Å². The summed E-state index contributed by atoms with van der Waals surface area (Å²) in [4.78, 5) is 19.6. The zero-order valence-electron chi connectivity index (χ0n) is 19.8. The van der Waals surface area contributed by atoms with Gasteiger partial charge < -0.3 is 19.7 Å². The highest BCUT2D eigenvalue weighted by molar-refractivity contribution is 5.86. The van der Waals surface area contributed by atoms with Gasteiger partial charge in [-0.25, -0.2) is 0 Å². The van der Waals surface area contributed by atoms with Crippen LogP contribution in [0.25, 0.3) is 16.9 Å². The van der Waals surface area contributed by atoms with E-state index in [4.69, 9.17) is 9.84 Å². The second-order valence-electron chi connectivity index (χ2n) is 9.10. The van der Waals surface area contributed by atoms with Gasteiger partial charge in [0.15, 0.2) is 5.65 Å². The molecule has 0 aliphatic carbocycles. The van der Waals surface area contributed by atoms with Crippen molar-refractivity contribution < 1.29 is 9.84 Å². The van der Waals surface area contributed by atoms with E-state index in [0.29, 0.717) is 22.7 Å². The van der Waals surface area contributed by atoms with Crippen LogP contribution in [-0.2, 0) is 5.60 Å². The van der Waals surface area contributed by atoms with Crippen LogP contribution in [0.1, 0.15) is 43.0 Å². The molecule has 0 radical (unpaired) electrons. The van der Waals surface area contributed by atoms with Crippen molar-refractivity contribution in [3.05, 3.63) is 81.8 Å². The largest absolute Gasteiger partial charge is 0.497 e. The SMILES string of the molecule is COc1ccc(C(C)(O)c2c(C)[nH]c3c(N4CCCCC4)c(-c4ccccc4)nn3c2=O)cc1. The molecule has 2 N–H and O–H groups in total. The molecule has 2 aromatic carbocycles. The number of piperidine rings is 1. The first-order chi connectivity index (χ1) is 16.4. The lowest BCUT2D eigenvalue weighted by Crippen LogP contribution is -2.35. The average Bonchev–Trinajstić information content (AvgIpc) is 3.24. The van der Waals surface area contributed by atoms with Crippen LogP contribution < -0.4 is 15.2 Å². The number of aryl methyl sites for hydroxylation is 1. The lowest BCUT2D eigenvalue weighted by atomic mass is 9.88. The summed E-state index contributed by atoms with van der Waals surface area (Å²) in [5, 5.41) is 16.4. The first-order valence-corrected chi connectivity index (χ1v) is 11.7. The number of hydrogen-bond acceptors (Lipinski definition) is 5. The maximum Gasteiger partial charge on any atom is 0.281 e. The van der Waals surface area contributed by atoms with Gasteiger partial charge in [-0.05, 0) is 50.8 Å². The van der Waals surface area contributed by atoms with E-state index in [1.54, 1.807) is 38.3 Å². The molecule has 0 amide bonds. The van der Waals surface area contributed by atoms with Crippen molar-refractivity contribution in [3.63, 3.8) is 0 Å². The quantitative estimate of drug-likeness (QED) is 0.467. The van der Waals surface area contributed by atoms with Gasteiger partial charge in [0.25, 0.3) is 5.56 Å². The van der Waals surface area contributed by atoms with Gasteiger partial charge in [-0.2, -0.15) is 9.61 Å². The van der Waals surface area contributed by atoms with Crippen molar-refractivity contribution in [2.75, 3.05) is 25.1 Å². The average molecular weight is 459 g/mol. The number of nitrogens with zero attached hydrogens (tertiary/aromatic N) is 3. The Balaban J connectivity index is 1.73. The normalized spacial score (nSPS) is 15.9. The van der Waals surface area contributed by atoms with Crippen molar-refractivity contribution in [3.8, 4) is 17.0 Å². The smallest absolute Gasteiger partial charge is 0.281 e. The summed E-state index contributed by atoms with van der Waals surface area (Å²) in [6, 6.07) is 17.1. The summed E-state index contributed by atoms with van der Waals surface area (Å²) in [6.07, 6.45) is 3.43. The molecule has 1 aliphatic rings. The highest BCUT2D eigenvalue weighted by Crippen LogP contribution is 2.36. The molecule has 34 heavy (non-hydrogen) atoms. The van der Waals surface area contributed by atoms with Crippen LogP contribution in [0, 0.1) is 6.92 Å². The number of fused-ring (bicyclic) bond motifs is 1. The number of aromatic nitrogens is 3. The Kier molecular flexibility index (Phi) is 5.65. The van der Waals surface area contributed by atoms with Crippen LogP contribution in [0.3, 0.4) is 0 Å². The Morgan fingerprint density at radius 1 is 1.03 bits per heavy atom. The third kappa shape index (κ3) is 3.66. The maximum absolute atomic E-state index is 13.8. The van der Waals surface area contributed by atoms with Gasteiger partial charge in [-0.1, -0.05) is 42.5 Å². The molecular formula is C27H30N4O3. The molecule has 1 unspecified atom stereocenters. The number of ether oxygens (including phenoxy) is 1. The minimum atomic E-state index is -1.51. The molecule has 7 nitrogen and oxygen atoms in total. The molecule has 3 heterocycles. The summed E-state index contributed by atoms with van der Waals surface area (Å²) in [5.41, 5.74) is 3.01. The van der Waals surface area contributed by atoms with Crippen molar-refractivity contribution in [1.82, 2.24) is 14.6 Å². The van der Waals surface area contributed by atoms with Crippen LogP contribution in [0.15, 0.2) is 59.4 Å². The highest BCUT2D eigenvalue weighted by atomic mass is 16.5. The second kappa shape index (κ2) is 8.65. The molecule has 0 spiro atoms. The molecule has 176 valence electrons. The highest BCUT2D eigenvalue weighted by Gasteiger charge is 2.34. The summed E-state index contributed by atoms with van der Waals surface area (Å²) >= 11 is 0. The van der Waals surface area contributed by atoms with Crippen LogP contribution in [-0.4, -0.2) is 39.9 Å². The van der Waals surface area contributed by atoms with Gasteiger partial charge in [-0.15, -0.1) is 0 Å².